The van der Waals surface area contributed by atoms with Crippen molar-refractivity contribution in [2.75, 3.05) is 33.2 Å². The lowest BCUT2D eigenvalue weighted by molar-refractivity contribution is 0.313. The Morgan fingerprint density at radius 2 is 1.79 bits per heavy atom. The van der Waals surface area contributed by atoms with Gasteiger partial charge in [-0.05, 0) is 32.0 Å². The van der Waals surface area contributed by atoms with Crippen LogP contribution in [0.25, 0.3) is 0 Å². The molecule has 2 fully saturated rings. The van der Waals surface area contributed by atoms with Crippen LogP contribution in [0.5, 0.6) is 0 Å². The Balaban J connectivity index is 1.45. The number of rotatable bonds is 4. The van der Waals surface area contributed by atoms with Gasteiger partial charge in [0.2, 0.25) is 0 Å². The zero-order chi connectivity index (χ0) is 13.1. The van der Waals surface area contributed by atoms with E-state index in [1.165, 1.54) is 44.6 Å². The number of benzene rings is 1. The van der Waals surface area contributed by atoms with E-state index in [0.717, 1.165) is 6.54 Å². The highest BCUT2D eigenvalue weighted by atomic mass is 15.2. The monoisotopic (exact) mass is 259 g/mol. The average molecular weight is 259 g/mol. The molecular formula is C16H25N3. The molecule has 0 amide bonds. The maximum absolute atomic E-state index is 3.84. The Morgan fingerprint density at radius 1 is 1.05 bits per heavy atom. The van der Waals surface area contributed by atoms with E-state index in [4.69, 9.17) is 0 Å². The molecule has 2 atom stereocenters. The van der Waals surface area contributed by atoms with Crippen molar-refractivity contribution in [1.29, 1.82) is 0 Å². The van der Waals surface area contributed by atoms with Crippen LogP contribution in [0.4, 0.5) is 0 Å². The van der Waals surface area contributed by atoms with Gasteiger partial charge in [0.15, 0.2) is 0 Å². The molecule has 3 nitrogen and oxygen atoms in total. The van der Waals surface area contributed by atoms with Gasteiger partial charge in [-0.2, -0.15) is 0 Å². The third-order valence-electron chi connectivity index (χ3n) is 4.38. The molecule has 19 heavy (non-hydrogen) atoms. The number of likely N-dealkylation sites (N-methyl/N-ethyl adjacent to an activating group) is 1. The van der Waals surface area contributed by atoms with Crippen LogP contribution >= 0.6 is 0 Å². The normalized spacial score (nSPS) is 29.1. The van der Waals surface area contributed by atoms with Crippen molar-refractivity contribution in [3.63, 3.8) is 0 Å². The number of hydrogen-bond acceptors (Lipinski definition) is 3. The predicted molar refractivity (Wildman–Crippen MR) is 79.2 cm³/mol. The molecule has 1 N–H and O–H groups in total. The largest absolute Gasteiger partial charge is 0.309 e. The first-order valence-electron chi connectivity index (χ1n) is 7.50. The summed E-state index contributed by atoms with van der Waals surface area (Å²) in [6.07, 6.45) is 2.61. The summed E-state index contributed by atoms with van der Waals surface area (Å²) < 4.78 is 0. The second kappa shape index (κ2) is 6.04. The Morgan fingerprint density at radius 3 is 2.53 bits per heavy atom. The molecule has 2 aliphatic heterocycles. The van der Waals surface area contributed by atoms with Crippen molar-refractivity contribution in [3.05, 3.63) is 35.9 Å². The van der Waals surface area contributed by atoms with Crippen LogP contribution in [0.15, 0.2) is 30.3 Å². The highest BCUT2D eigenvalue weighted by Gasteiger charge is 2.27. The van der Waals surface area contributed by atoms with Crippen LogP contribution in [-0.4, -0.2) is 55.1 Å². The third kappa shape index (κ3) is 3.56. The summed E-state index contributed by atoms with van der Waals surface area (Å²) in [5.41, 5.74) is 1.43. The van der Waals surface area contributed by atoms with E-state index in [-0.39, 0.29) is 0 Å². The van der Waals surface area contributed by atoms with Gasteiger partial charge in [0.25, 0.3) is 0 Å². The van der Waals surface area contributed by atoms with Crippen LogP contribution in [0.3, 0.4) is 0 Å². The third-order valence-corrected chi connectivity index (χ3v) is 4.38. The summed E-state index contributed by atoms with van der Waals surface area (Å²) >= 11 is 0. The number of nitrogens with one attached hydrogen (secondary N) is 1. The van der Waals surface area contributed by atoms with E-state index >= 15 is 0 Å². The van der Waals surface area contributed by atoms with Crippen LogP contribution in [0.1, 0.15) is 18.4 Å². The van der Waals surface area contributed by atoms with Gasteiger partial charge in [-0.3, -0.25) is 4.90 Å². The molecule has 0 aliphatic carbocycles. The summed E-state index contributed by atoms with van der Waals surface area (Å²) in [6.45, 7) is 6.00. The van der Waals surface area contributed by atoms with Gasteiger partial charge in [-0.15, -0.1) is 0 Å². The molecule has 3 rings (SSSR count). The quantitative estimate of drug-likeness (QED) is 0.885. The van der Waals surface area contributed by atoms with E-state index < -0.39 is 0 Å². The number of nitrogens with zero attached hydrogens (tertiary/aromatic N) is 2. The van der Waals surface area contributed by atoms with Crippen LogP contribution in [0.2, 0.25) is 0 Å². The Kier molecular flexibility index (Phi) is 4.16. The predicted octanol–water partition coefficient (Wildman–Crippen LogP) is 1.55. The number of likely N-dealkylation sites (tertiary alicyclic amines) is 2. The summed E-state index contributed by atoms with van der Waals surface area (Å²) in [7, 11) is 2.22. The summed E-state index contributed by atoms with van der Waals surface area (Å²) in [4.78, 5) is 5.00. The molecule has 2 heterocycles. The lowest BCUT2D eigenvalue weighted by Crippen LogP contribution is -2.41. The first kappa shape index (κ1) is 13.1. The van der Waals surface area contributed by atoms with Gasteiger partial charge in [-0.25, -0.2) is 0 Å². The molecule has 0 saturated carbocycles. The summed E-state index contributed by atoms with van der Waals surface area (Å²) in [5, 5.41) is 3.84. The second-order valence-corrected chi connectivity index (χ2v) is 6.12. The van der Waals surface area contributed by atoms with Crippen molar-refractivity contribution in [1.82, 2.24) is 15.1 Å². The molecule has 1 aromatic rings. The molecule has 0 aromatic heterocycles. The molecule has 3 heteroatoms. The molecule has 0 spiro atoms. The van der Waals surface area contributed by atoms with Crippen molar-refractivity contribution < 1.29 is 0 Å². The maximum Gasteiger partial charge on any atom is 0.0234 e. The van der Waals surface area contributed by atoms with Crippen molar-refractivity contribution in [2.45, 2.75) is 31.5 Å². The Hall–Kier alpha value is -0.900. The van der Waals surface area contributed by atoms with Crippen molar-refractivity contribution in [3.8, 4) is 0 Å². The lowest BCUT2D eigenvalue weighted by atomic mass is 10.2. The molecule has 0 radical (unpaired) electrons. The Bertz CT molecular complexity index is 392. The zero-order valence-electron chi connectivity index (χ0n) is 11.9. The standard InChI is InChI=1S/C16H25N3/c1-18-9-7-15(12-18)17-16-8-10-19(13-16)11-14-5-3-2-4-6-14/h2-6,15-17H,7-13H2,1H3. The zero-order valence-corrected chi connectivity index (χ0v) is 11.9. The summed E-state index contributed by atoms with van der Waals surface area (Å²) in [5.74, 6) is 0. The van der Waals surface area contributed by atoms with Crippen LogP contribution in [0, 0.1) is 0 Å². The molecular weight excluding hydrogens is 234 g/mol. The van der Waals surface area contributed by atoms with Gasteiger partial charge in [0.05, 0.1) is 0 Å². The highest BCUT2D eigenvalue weighted by molar-refractivity contribution is 5.14. The topological polar surface area (TPSA) is 18.5 Å². The fraction of sp³-hybridized carbons (Fsp3) is 0.625. The van der Waals surface area contributed by atoms with Gasteiger partial charge in [0, 0.05) is 38.3 Å². The van der Waals surface area contributed by atoms with Gasteiger partial charge >= 0.3 is 0 Å². The first-order valence-corrected chi connectivity index (χ1v) is 7.50. The highest BCUT2D eigenvalue weighted by Crippen LogP contribution is 2.16. The van der Waals surface area contributed by atoms with Crippen molar-refractivity contribution in [2.24, 2.45) is 0 Å². The minimum absolute atomic E-state index is 0.695. The van der Waals surface area contributed by atoms with Crippen LogP contribution in [-0.2, 0) is 6.54 Å². The van der Waals surface area contributed by atoms with E-state index in [9.17, 15) is 0 Å². The van der Waals surface area contributed by atoms with E-state index in [1.807, 2.05) is 0 Å². The van der Waals surface area contributed by atoms with E-state index in [0.29, 0.717) is 12.1 Å². The van der Waals surface area contributed by atoms with E-state index in [2.05, 4.69) is 52.5 Å². The van der Waals surface area contributed by atoms with Crippen LogP contribution < -0.4 is 5.32 Å². The Labute approximate surface area is 116 Å². The maximum atomic E-state index is 3.84. The SMILES string of the molecule is CN1CCC(NC2CCN(Cc3ccccc3)C2)C1. The number of hydrogen-bond donors (Lipinski definition) is 1. The fourth-order valence-corrected chi connectivity index (χ4v) is 3.36. The lowest BCUT2D eigenvalue weighted by Gasteiger charge is -2.20. The molecule has 2 unspecified atom stereocenters. The molecule has 2 saturated heterocycles. The fourth-order valence-electron chi connectivity index (χ4n) is 3.36. The second-order valence-electron chi connectivity index (χ2n) is 6.12. The minimum Gasteiger partial charge on any atom is -0.309 e. The minimum atomic E-state index is 0.695. The van der Waals surface area contributed by atoms with Gasteiger partial charge in [0.1, 0.15) is 0 Å². The average Bonchev–Trinajstić information content (AvgIpc) is 3.01. The molecule has 1 aromatic carbocycles. The molecule has 0 bridgehead atoms. The smallest absolute Gasteiger partial charge is 0.0234 e. The van der Waals surface area contributed by atoms with Gasteiger partial charge < -0.3 is 10.2 Å². The van der Waals surface area contributed by atoms with Gasteiger partial charge in [-0.1, -0.05) is 30.3 Å². The molecule has 104 valence electrons. The van der Waals surface area contributed by atoms with E-state index in [1.54, 1.807) is 0 Å². The first-order chi connectivity index (χ1) is 9.29. The molecule has 2 aliphatic rings. The van der Waals surface area contributed by atoms with Crippen molar-refractivity contribution >= 4 is 0 Å². The summed E-state index contributed by atoms with van der Waals surface area (Å²) in [6, 6.07) is 12.2.